The Labute approximate surface area is 123 Å². The first-order chi connectivity index (χ1) is 9.08. The van der Waals surface area contributed by atoms with Gasteiger partial charge in [-0.2, -0.15) is 0 Å². The molecule has 1 amide bonds. The summed E-state index contributed by atoms with van der Waals surface area (Å²) in [5.41, 5.74) is 0.724. The van der Waals surface area contributed by atoms with Crippen LogP contribution in [0.1, 0.15) is 22.2 Å². The maximum absolute atomic E-state index is 11.6. The summed E-state index contributed by atoms with van der Waals surface area (Å²) < 4.78 is 3.58. The van der Waals surface area contributed by atoms with Crippen molar-refractivity contribution in [2.75, 3.05) is 6.54 Å². The fourth-order valence-electron chi connectivity index (χ4n) is 1.43. The molecule has 0 spiro atoms. The first-order valence-corrected chi connectivity index (χ1v) is 6.85. The zero-order valence-electron chi connectivity index (χ0n) is 9.51. The number of aliphatic hydroxyl groups excluding tert-OH is 1. The van der Waals surface area contributed by atoms with E-state index in [-0.39, 0.29) is 12.2 Å². The lowest BCUT2D eigenvalue weighted by Crippen LogP contribution is -2.28. The molecule has 19 heavy (non-hydrogen) atoms. The third-order valence-electron chi connectivity index (χ3n) is 2.37. The minimum Gasteiger partial charge on any atom is -0.387 e. The van der Waals surface area contributed by atoms with E-state index in [4.69, 9.17) is 23.2 Å². The Morgan fingerprint density at radius 2 is 2.26 bits per heavy atom. The number of hydrogen-bond acceptors (Lipinski definition) is 5. The first-order valence-electron chi connectivity index (χ1n) is 5.26. The van der Waals surface area contributed by atoms with Crippen LogP contribution in [0.15, 0.2) is 23.6 Å². The van der Waals surface area contributed by atoms with Gasteiger partial charge in [0.15, 0.2) is 5.69 Å². The van der Waals surface area contributed by atoms with Crippen molar-refractivity contribution in [1.29, 1.82) is 0 Å². The lowest BCUT2D eigenvalue weighted by molar-refractivity contribution is 0.0911. The molecule has 1 aromatic carbocycles. The van der Waals surface area contributed by atoms with E-state index in [9.17, 15) is 9.90 Å². The Morgan fingerprint density at radius 3 is 2.89 bits per heavy atom. The van der Waals surface area contributed by atoms with E-state index in [1.54, 1.807) is 12.1 Å². The minimum absolute atomic E-state index is 0.0255. The number of benzene rings is 1. The maximum atomic E-state index is 11.6. The van der Waals surface area contributed by atoms with Gasteiger partial charge in [0.25, 0.3) is 5.91 Å². The van der Waals surface area contributed by atoms with E-state index < -0.39 is 12.0 Å². The van der Waals surface area contributed by atoms with Crippen LogP contribution in [0.2, 0.25) is 10.0 Å². The number of carbonyl (C=O) groups excluding carboxylic acids is 1. The Hall–Kier alpha value is -1.21. The van der Waals surface area contributed by atoms with E-state index in [0.717, 1.165) is 11.5 Å². The number of amides is 1. The molecule has 0 saturated heterocycles. The second kappa shape index (κ2) is 6.29. The second-order valence-electron chi connectivity index (χ2n) is 3.68. The molecule has 0 radical (unpaired) electrons. The molecular weight excluding hydrogens is 309 g/mol. The van der Waals surface area contributed by atoms with Gasteiger partial charge in [-0.3, -0.25) is 4.79 Å². The summed E-state index contributed by atoms with van der Waals surface area (Å²) in [6.45, 7) is 0.0255. The van der Waals surface area contributed by atoms with Gasteiger partial charge >= 0.3 is 0 Å². The van der Waals surface area contributed by atoms with Crippen LogP contribution in [0.3, 0.4) is 0 Å². The fourth-order valence-corrected chi connectivity index (χ4v) is 2.40. The predicted molar refractivity (Wildman–Crippen MR) is 73.7 cm³/mol. The van der Waals surface area contributed by atoms with E-state index in [2.05, 4.69) is 14.9 Å². The van der Waals surface area contributed by atoms with Gasteiger partial charge in [0, 0.05) is 27.5 Å². The molecule has 0 aliphatic carbocycles. The largest absolute Gasteiger partial charge is 0.387 e. The molecule has 8 heteroatoms. The highest BCUT2D eigenvalue weighted by Crippen LogP contribution is 2.25. The average Bonchev–Trinajstić information content (AvgIpc) is 2.89. The molecule has 1 aromatic heterocycles. The molecule has 5 nitrogen and oxygen atoms in total. The molecule has 2 rings (SSSR count). The van der Waals surface area contributed by atoms with Crippen LogP contribution in [0.25, 0.3) is 0 Å². The highest BCUT2D eigenvalue weighted by atomic mass is 35.5. The summed E-state index contributed by atoms with van der Waals surface area (Å²) in [4.78, 5) is 11.6. The highest BCUT2D eigenvalue weighted by molar-refractivity contribution is 7.03. The van der Waals surface area contributed by atoms with Crippen LogP contribution in [0.5, 0.6) is 0 Å². The lowest BCUT2D eigenvalue weighted by Gasteiger charge is -2.13. The number of carbonyl (C=O) groups is 1. The second-order valence-corrected chi connectivity index (χ2v) is 5.14. The summed E-state index contributed by atoms with van der Waals surface area (Å²) in [5, 5.41) is 18.5. The smallest absolute Gasteiger partial charge is 0.272 e. The van der Waals surface area contributed by atoms with Gasteiger partial charge in [-0.25, -0.2) is 0 Å². The third-order valence-corrected chi connectivity index (χ3v) is 3.44. The Balaban J connectivity index is 1.98. The summed E-state index contributed by atoms with van der Waals surface area (Å²) in [5.74, 6) is -0.391. The Bertz CT molecular complexity index is 577. The molecule has 2 N–H and O–H groups in total. The monoisotopic (exact) mass is 317 g/mol. The lowest BCUT2D eigenvalue weighted by atomic mass is 10.1. The number of halogens is 2. The van der Waals surface area contributed by atoms with Crippen molar-refractivity contribution < 1.29 is 9.90 Å². The minimum atomic E-state index is -0.916. The van der Waals surface area contributed by atoms with Crippen LogP contribution >= 0.6 is 34.7 Å². The van der Waals surface area contributed by atoms with Gasteiger partial charge in [-0.05, 0) is 23.7 Å². The Morgan fingerprint density at radius 1 is 1.47 bits per heavy atom. The topological polar surface area (TPSA) is 75.1 Å². The van der Waals surface area contributed by atoms with Crippen molar-refractivity contribution in [3.8, 4) is 0 Å². The molecule has 2 aromatic rings. The highest BCUT2D eigenvalue weighted by Gasteiger charge is 2.15. The summed E-state index contributed by atoms with van der Waals surface area (Å²) in [6.07, 6.45) is -0.916. The van der Waals surface area contributed by atoms with Crippen LogP contribution in [-0.4, -0.2) is 27.1 Å². The van der Waals surface area contributed by atoms with Crippen molar-refractivity contribution in [1.82, 2.24) is 14.9 Å². The molecule has 0 unspecified atom stereocenters. The van der Waals surface area contributed by atoms with Gasteiger partial charge in [0.2, 0.25) is 0 Å². The van der Waals surface area contributed by atoms with E-state index >= 15 is 0 Å². The van der Waals surface area contributed by atoms with E-state index in [1.165, 1.54) is 11.4 Å². The van der Waals surface area contributed by atoms with Gasteiger partial charge in [-0.15, -0.1) is 5.10 Å². The standard InChI is InChI=1S/C11H9Cl2N3O2S/c12-6-1-2-7(8(13)3-6)10(17)4-14-11(18)9-5-19-16-15-9/h1-3,5,10,17H,4H2,(H,14,18)/t10-/m0/s1. The van der Waals surface area contributed by atoms with Crippen molar-refractivity contribution >= 4 is 40.6 Å². The molecule has 0 bridgehead atoms. The van der Waals surface area contributed by atoms with Crippen molar-refractivity contribution in [3.63, 3.8) is 0 Å². The molecule has 0 saturated carbocycles. The van der Waals surface area contributed by atoms with Crippen molar-refractivity contribution in [2.45, 2.75) is 6.10 Å². The number of rotatable bonds is 4. The van der Waals surface area contributed by atoms with Crippen molar-refractivity contribution in [3.05, 3.63) is 44.9 Å². The Kier molecular flexibility index (Phi) is 4.71. The first kappa shape index (κ1) is 14.2. The SMILES string of the molecule is O=C(NC[C@H](O)c1ccc(Cl)cc1Cl)c1csnn1. The number of hydrogen-bond donors (Lipinski definition) is 2. The summed E-state index contributed by atoms with van der Waals surface area (Å²) in [6, 6.07) is 4.78. The number of nitrogens with zero attached hydrogens (tertiary/aromatic N) is 2. The zero-order chi connectivity index (χ0) is 13.8. The van der Waals surface area contributed by atoms with Crippen molar-refractivity contribution in [2.24, 2.45) is 0 Å². The van der Waals surface area contributed by atoms with Gasteiger partial charge in [-0.1, -0.05) is 33.8 Å². The number of aliphatic hydroxyl groups is 1. The summed E-state index contributed by atoms with van der Waals surface area (Å²) in [7, 11) is 0. The van der Waals surface area contributed by atoms with Gasteiger partial charge in [0.05, 0.1) is 6.10 Å². The van der Waals surface area contributed by atoms with Crippen LogP contribution in [0, 0.1) is 0 Å². The molecule has 0 fully saturated rings. The normalized spacial score (nSPS) is 12.2. The number of aromatic nitrogens is 2. The van der Waals surface area contributed by atoms with Crippen LogP contribution in [-0.2, 0) is 0 Å². The van der Waals surface area contributed by atoms with Crippen LogP contribution in [0.4, 0.5) is 0 Å². The predicted octanol–water partition coefficient (Wildman–Crippen LogP) is 2.31. The van der Waals surface area contributed by atoms with Gasteiger partial charge < -0.3 is 10.4 Å². The quantitative estimate of drug-likeness (QED) is 0.907. The zero-order valence-corrected chi connectivity index (χ0v) is 11.8. The molecule has 0 aliphatic rings. The molecule has 1 heterocycles. The molecule has 1 atom stereocenters. The van der Waals surface area contributed by atoms with Crippen LogP contribution < -0.4 is 5.32 Å². The average molecular weight is 318 g/mol. The van der Waals surface area contributed by atoms with Gasteiger partial charge in [0.1, 0.15) is 0 Å². The fraction of sp³-hybridized carbons (Fsp3) is 0.182. The molecule has 0 aliphatic heterocycles. The molecular formula is C11H9Cl2N3O2S. The summed E-state index contributed by atoms with van der Waals surface area (Å²) >= 11 is 12.8. The maximum Gasteiger partial charge on any atom is 0.272 e. The third kappa shape index (κ3) is 3.63. The van der Waals surface area contributed by atoms with E-state index in [1.807, 2.05) is 0 Å². The van der Waals surface area contributed by atoms with E-state index in [0.29, 0.717) is 15.6 Å². The molecule has 100 valence electrons. The number of nitrogens with one attached hydrogen (secondary N) is 1.